The molecule has 0 unspecified atom stereocenters. The van der Waals surface area contributed by atoms with E-state index in [1.54, 1.807) is 0 Å². The summed E-state index contributed by atoms with van der Waals surface area (Å²) < 4.78 is 18.1. The number of hydrogen-bond acceptors (Lipinski definition) is 5. The Kier molecular flexibility index (Phi) is 3.67. The summed E-state index contributed by atoms with van der Waals surface area (Å²) in [5, 5.41) is 0. The van der Waals surface area contributed by atoms with Gasteiger partial charge >= 0.3 is 0 Å². The standard InChI is InChI=1S/C16H22N2O3/c1-2-6-16(5-1)20-12-14(21-16)11-18-9-10-19-15(18)13-3-7-17-8-4-13/h3-4,7-8,14-15H,1-2,5-6,9-12H2/t14-,15-/m0/s1. The number of aromatic nitrogens is 1. The third-order valence-electron chi connectivity index (χ3n) is 4.69. The van der Waals surface area contributed by atoms with Crippen molar-refractivity contribution >= 4 is 0 Å². The fourth-order valence-electron chi connectivity index (χ4n) is 3.67. The van der Waals surface area contributed by atoms with Gasteiger partial charge in [0.15, 0.2) is 5.79 Å². The van der Waals surface area contributed by atoms with Crippen LogP contribution >= 0.6 is 0 Å². The largest absolute Gasteiger partial charge is 0.358 e. The molecule has 114 valence electrons. The van der Waals surface area contributed by atoms with Crippen LogP contribution in [0.5, 0.6) is 0 Å². The van der Waals surface area contributed by atoms with E-state index in [1.165, 1.54) is 12.8 Å². The second kappa shape index (κ2) is 5.65. The quantitative estimate of drug-likeness (QED) is 0.853. The highest BCUT2D eigenvalue weighted by Crippen LogP contribution is 2.40. The lowest BCUT2D eigenvalue weighted by Crippen LogP contribution is -2.35. The van der Waals surface area contributed by atoms with E-state index in [-0.39, 0.29) is 18.1 Å². The first-order chi connectivity index (χ1) is 10.3. The van der Waals surface area contributed by atoms with E-state index < -0.39 is 0 Å². The van der Waals surface area contributed by atoms with Crippen LogP contribution in [-0.4, -0.2) is 48.1 Å². The molecule has 21 heavy (non-hydrogen) atoms. The molecule has 2 atom stereocenters. The first-order valence-corrected chi connectivity index (χ1v) is 7.92. The first kappa shape index (κ1) is 13.6. The second-order valence-corrected chi connectivity index (χ2v) is 6.17. The molecule has 1 spiro atoms. The minimum absolute atomic E-state index is 0.0247. The highest BCUT2D eigenvalue weighted by Gasteiger charge is 2.44. The molecule has 5 nitrogen and oxygen atoms in total. The zero-order valence-corrected chi connectivity index (χ0v) is 12.2. The Hall–Kier alpha value is -1.01. The highest BCUT2D eigenvalue weighted by atomic mass is 16.7. The lowest BCUT2D eigenvalue weighted by Gasteiger charge is -2.26. The molecule has 0 N–H and O–H groups in total. The van der Waals surface area contributed by atoms with Gasteiger partial charge in [0.05, 0.1) is 19.3 Å². The van der Waals surface area contributed by atoms with Crippen LogP contribution in [0.4, 0.5) is 0 Å². The van der Waals surface area contributed by atoms with E-state index in [2.05, 4.69) is 9.88 Å². The molecule has 1 aliphatic carbocycles. The van der Waals surface area contributed by atoms with Crippen LogP contribution in [0.25, 0.3) is 0 Å². The Morgan fingerprint density at radius 1 is 1.24 bits per heavy atom. The summed E-state index contributed by atoms with van der Waals surface area (Å²) in [4.78, 5) is 6.42. The van der Waals surface area contributed by atoms with Crippen molar-refractivity contribution in [1.29, 1.82) is 0 Å². The van der Waals surface area contributed by atoms with Crippen LogP contribution in [-0.2, 0) is 14.2 Å². The molecule has 3 fully saturated rings. The molecule has 0 radical (unpaired) electrons. The van der Waals surface area contributed by atoms with Gasteiger partial charge in [-0.3, -0.25) is 9.88 Å². The zero-order chi connectivity index (χ0) is 14.1. The summed E-state index contributed by atoms with van der Waals surface area (Å²) in [5.41, 5.74) is 1.16. The fraction of sp³-hybridized carbons (Fsp3) is 0.688. The molecule has 0 bridgehead atoms. The van der Waals surface area contributed by atoms with Gasteiger partial charge in [-0.05, 0) is 30.5 Å². The van der Waals surface area contributed by atoms with Gasteiger partial charge < -0.3 is 14.2 Å². The monoisotopic (exact) mass is 290 g/mol. The molecule has 1 aromatic heterocycles. The van der Waals surface area contributed by atoms with Crippen LogP contribution in [0, 0.1) is 0 Å². The van der Waals surface area contributed by atoms with E-state index in [1.807, 2.05) is 24.5 Å². The van der Waals surface area contributed by atoms with Crippen LogP contribution in [0.15, 0.2) is 24.5 Å². The first-order valence-electron chi connectivity index (χ1n) is 7.92. The average molecular weight is 290 g/mol. The van der Waals surface area contributed by atoms with Crippen molar-refractivity contribution in [3.8, 4) is 0 Å². The van der Waals surface area contributed by atoms with Crippen molar-refractivity contribution in [1.82, 2.24) is 9.88 Å². The van der Waals surface area contributed by atoms with Crippen molar-refractivity contribution in [3.63, 3.8) is 0 Å². The number of pyridine rings is 1. The second-order valence-electron chi connectivity index (χ2n) is 6.17. The van der Waals surface area contributed by atoms with Gasteiger partial charge in [0.1, 0.15) is 6.23 Å². The molecular weight excluding hydrogens is 268 g/mol. The maximum absolute atomic E-state index is 6.22. The van der Waals surface area contributed by atoms with E-state index in [4.69, 9.17) is 14.2 Å². The molecule has 3 heterocycles. The molecule has 2 saturated heterocycles. The molecule has 5 heteroatoms. The average Bonchev–Trinajstić information content (AvgIpc) is 3.24. The molecule has 2 aliphatic heterocycles. The predicted molar refractivity (Wildman–Crippen MR) is 76.5 cm³/mol. The van der Waals surface area contributed by atoms with Gasteiger partial charge in [-0.1, -0.05) is 0 Å². The summed E-state index contributed by atoms with van der Waals surface area (Å²) in [7, 11) is 0. The maximum Gasteiger partial charge on any atom is 0.168 e. The lowest BCUT2D eigenvalue weighted by molar-refractivity contribution is -0.164. The summed E-state index contributed by atoms with van der Waals surface area (Å²) in [5.74, 6) is -0.266. The summed E-state index contributed by atoms with van der Waals surface area (Å²) in [6, 6.07) is 4.04. The van der Waals surface area contributed by atoms with Gasteiger partial charge in [0.2, 0.25) is 0 Å². The summed E-state index contributed by atoms with van der Waals surface area (Å²) in [6.45, 7) is 3.29. The molecule has 1 aromatic rings. The van der Waals surface area contributed by atoms with E-state index in [0.717, 1.165) is 38.1 Å². The molecular formula is C16H22N2O3. The predicted octanol–water partition coefficient (Wildman–Crippen LogP) is 2.10. The Morgan fingerprint density at radius 2 is 2.05 bits per heavy atom. The zero-order valence-electron chi connectivity index (χ0n) is 12.2. The Bertz CT molecular complexity index is 476. The van der Waals surface area contributed by atoms with Gasteiger partial charge in [-0.25, -0.2) is 0 Å². The minimum atomic E-state index is -0.266. The van der Waals surface area contributed by atoms with E-state index in [0.29, 0.717) is 6.61 Å². The molecule has 3 aliphatic rings. The number of rotatable bonds is 3. The van der Waals surface area contributed by atoms with Crippen molar-refractivity contribution in [3.05, 3.63) is 30.1 Å². The Labute approximate surface area is 125 Å². The Balaban J connectivity index is 1.40. The fourth-order valence-corrected chi connectivity index (χ4v) is 3.67. The maximum atomic E-state index is 6.22. The van der Waals surface area contributed by atoms with Crippen molar-refractivity contribution < 1.29 is 14.2 Å². The Morgan fingerprint density at radius 3 is 2.86 bits per heavy atom. The third-order valence-corrected chi connectivity index (χ3v) is 4.69. The topological polar surface area (TPSA) is 43.8 Å². The minimum Gasteiger partial charge on any atom is -0.358 e. The van der Waals surface area contributed by atoms with Gasteiger partial charge in [-0.15, -0.1) is 0 Å². The molecule has 0 aromatic carbocycles. The van der Waals surface area contributed by atoms with Crippen molar-refractivity contribution in [2.45, 2.75) is 43.8 Å². The molecule has 4 rings (SSSR count). The lowest BCUT2D eigenvalue weighted by atomic mass is 10.2. The number of hydrogen-bond donors (Lipinski definition) is 0. The van der Waals surface area contributed by atoms with Crippen LogP contribution < -0.4 is 0 Å². The molecule has 0 amide bonds. The van der Waals surface area contributed by atoms with Gasteiger partial charge in [0, 0.05) is 38.3 Å². The number of nitrogens with zero attached hydrogens (tertiary/aromatic N) is 2. The van der Waals surface area contributed by atoms with Crippen molar-refractivity contribution in [2.75, 3.05) is 26.3 Å². The summed E-state index contributed by atoms with van der Waals surface area (Å²) in [6.07, 6.45) is 8.36. The van der Waals surface area contributed by atoms with Crippen LogP contribution in [0.2, 0.25) is 0 Å². The highest BCUT2D eigenvalue weighted by molar-refractivity contribution is 5.13. The van der Waals surface area contributed by atoms with E-state index in [9.17, 15) is 0 Å². The SMILES string of the molecule is c1cc([C@@H]2OCCN2C[C@H]2COC3(CCCC3)O2)ccn1. The smallest absolute Gasteiger partial charge is 0.168 e. The third kappa shape index (κ3) is 2.71. The normalized spacial score (nSPS) is 32.2. The van der Waals surface area contributed by atoms with Crippen molar-refractivity contribution in [2.24, 2.45) is 0 Å². The molecule has 1 saturated carbocycles. The summed E-state index contributed by atoms with van der Waals surface area (Å²) >= 11 is 0. The van der Waals surface area contributed by atoms with Gasteiger partial charge in [0.25, 0.3) is 0 Å². The number of ether oxygens (including phenoxy) is 3. The van der Waals surface area contributed by atoms with Gasteiger partial charge in [-0.2, -0.15) is 0 Å². The van der Waals surface area contributed by atoms with Crippen LogP contribution in [0.3, 0.4) is 0 Å². The van der Waals surface area contributed by atoms with E-state index >= 15 is 0 Å². The van der Waals surface area contributed by atoms with Crippen LogP contribution in [0.1, 0.15) is 37.5 Å².